The zero-order chi connectivity index (χ0) is 14.2. The zero-order valence-electron chi connectivity index (χ0n) is 12.0. The molecule has 0 spiro atoms. The molecule has 2 aliphatic rings. The van der Waals surface area contributed by atoms with Crippen LogP contribution < -0.4 is 9.47 Å². The monoisotopic (exact) mass is 276 g/mol. The van der Waals surface area contributed by atoms with E-state index in [4.69, 9.17) is 14.2 Å². The lowest BCUT2D eigenvalue weighted by atomic mass is 9.93. The van der Waals surface area contributed by atoms with Gasteiger partial charge in [0.1, 0.15) is 17.1 Å². The Bertz CT molecular complexity index is 515. The van der Waals surface area contributed by atoms with Crippen LogP contribution in [0.1, 0.15) is 37.0 Å². The Hall–Kier alpha value is -1.55. The van der Waals surface area contributed by atoms with Crippen molar-refractivity contribution in [1.82, 2.24) is 0 Å². The van der Waals surface area contributed by atoms with Gasteiger partial charge in [0.25, 0.3) is 0 Å². The SMILES string of the molecule is CC1(C)CC(=O)c2ccc(OCC3CCOC3)cc2O1. The second-order valence-electron chi connectivity index (χ2n) is 6.16. The van der Waals surface area contributed by atoms with Crippen molar-refractivity contribution in [3.05, 3.63) is 23.8 Å². The van der Waals surface area contributed by atoms with E-state index in [1.165, 1.54) is 0 Å². The van der Waals surface area contributed by atoms with Crippen molar-refractivity contribution in [2.75, 3.05) is 19.8 Å². The lowest BCUT2D eigenvalue weighted by Crippen LogP contribution is -2.35. The first-order valence-corrected chi connectivity index (χ1v) is 7.10. The Balaban J connectivity index is 1.73. The maximum Gasteiger partial charge on any atom is 0.170 e. The van der Waals surface area contributed by atoms with Gasteiger partial charge in [0.2, 0.25) is 0 Å². The molecule has 0 aliphatic carbocycles. The molecule has 0 bridgehead atoms. The number of carbonyl (C=O) groups is 1. The molecule has 108 valence electrons. The highest BCUT2D eigenvalue weighted by molar-refractivity contribution is 6.00. The fourth-order valence-corrected chi connectivity index (χ4v) is 2.65. The molecule has 1 atom stereocenters. The molecule has 0 radical (unpaired) electrons. The van der Waals surface area contributed by atoms with Gasteiger partial charge in [0, 0.05) is 18.6 Å². The summed E-state index contributed by atoms with van der Waals surface area (Å²) in [5, 5.41) is 0. The highest BCUT2D eigenvalue weighted by atomic mass is 16.5. The first-order valence-electron chi connectivity index (χ1n) is 7.10. The number of fused-ring (bicyclic) bond motifs is 1. The van der Waals surface area contributed by atoms with Gasteiger partial charge < -0.3 is 14.2 Å². The van der Waals surface area contributed by atoms with Crippen molar-refractivity contribution in [2.24, 2.45) is 5.92 Å². The molecule has 3 rings (SSSR count). The summed E-state index contributed by atoms with van der Waals surface area (Å²) in [4.78, 5) is 12.0. The molecule has 1 unspecified atom stereocenters. The van der Waals surface area contributed by atoms with Crippen LogP contribution in [0.3, 0.4) is 0 Å². The molecule has 2 aliphatic heterocycles. The predicted octanol–water partition coefficient (Wildman–Crippen LogP) is 2.85. The number of benzene rings is 1. The van der Waals surface area contributed by atoms with Crippen molar-refractivity contribution < 1.29 is 19.0 Å². The molecule has 4 heteroatoms. The standard InChI is InChI=1S/C16H20O4/c1-16(2)8-14(17)13-4-3-12(7-15(13)20-16)19-10-11-5-6-18-9-11/h3-4,7,11H,5-6,8-10H2,1-2H3. The third kappa shape index (κ3) is 2.80. The maximum atomic E-state index is 12.0. The summed E-state index contributed by atoms with van der Waals surface area (Å²) in [5.41, 5.74) is 0.211. The number of ketones is 1. The average Bonchev–Trinajstić information content (AvgIpc) is 2.87. The fraction of sp³-hybridized carbons (Fsp3) is 0.562. The molecule has 20 heavy (non-hydrogen) atoms. The van der Waals surface area contributed by atoms with Crippen molar-refractivity contribution in [1.29, 1.82) is 0 Å². The number of ether oxygens (including phenoxy) is 3. The summed E-state index contributed by atoms with van der Waals surface area (Å²) in [7, 11) is 0. The van der Waals surface area contributed by atoms with Crippen LogP contribution in [0, 0.1) is 5.92 Å². The van der Waals surface area contributed by atoms with Crippen LogP contribution in [0.5, 0.6) is 11.5 Å². The van der Waals surface area contributed by atoms with Crippen LogP contribution in [0.4, 0.5) is 0 Å². The van der Waals surface area contributed by atoms with Gasteiger partial charge in [-0.3, -0.25) is 4.79 Å². The van der Waals surface area contributed by atoms with Gasteiger partial charge in [-0.05, 0) is 32.4 Å². The minimum absolute atomic E-state index is 0.131. The van der Waals surface area contributed by atoms with Crippen LogP contribution in [0.15, 0.2) is 18.2 Å². The first kappa shape index (κ1) is 13.4. The highest BCUT2D eigenvalue weighted by Gasteiger charge is 2.32. The molecule has 0 amide bonds. The summed E-state index contributed by atoms with van der Waals surface area (Å²) in [6.07, 6.45) is 1.46. The van der Waals surface area contributed by atoms with E-state index in [-0.39, 0.29) is 5.78 Å². The molecular formula is C16H20O4. The summed E-state index contributed by atoms with van der Waals surface area (Å²) in [5.74, 6) is 1.98. The van der Waals surface area contributed by atoms with E-state index in [0.717, 1.165) is 25.4 Å². The van der Waals surface area contributed by atoms with E-state index in [1.54, 1.807) is 6.07 Å². The normalized spacial score (nSPS) is 24.1. The first-order chi connectivity index (χ1) is 9.53. The Morgan fingerprint density at radius 2 is 2.25 bits per heavy atom. The molecule has 4 nitrogen and oxygen atoms in total. The van der Waals surface area contributed by atoms with Crippen LogP contribution in [0.2, 0.25) is 0 Å². The average molecular weight is 276 g/mol. The van der Waals surface area contributed by atoms with Crippen LogP contribution >= 0.6 is 0 Å². The van der Waals surface area contributed by atoms with E-state index in [9.17, 15) is 4.79 Å². The van der Waals surface area contributed by atoms with Crippen molar-refractivity contribution >= 4 is 5.78 Å². The Morgan fingerprint density at radius 3 is 3.00 bits per heavy atom. The van der Waals surface area contributed by atoms with Gasteiger partial charge in [0.05, 0.1) is 25.2 Å². The molecule has 2 heterocycles. The van der Waals surface area contributed by atoms with E-state index in [0.29, 0.717) is 30.3 Å². The predicted molar refractivity (Wildman–Crippen MR) is 74.5 cm³/mol. The van der Waals surface area contributed by atoms with Gasteiger partial charge in [0.15, 0.2) is 5.78 Å². The molecule has 0 saturated carbocycles. The number of carbonyl (C=O) groups excluding carboxylic acids is 1. The Morgan fingerprint density at radius 1 is 1.40 bits per heavy atom. The lowest BCUT2D eigenvalue weighted by molar-refractivity contribution is 0.0618. The molecule has 1 aromatic rings. The minimum atomic E-state index is -0.442. The number of hydrogen-bond donors (Lipinski definition) is 0. The van der Waals surface area contributed by atoms with E-state index < -0.39 is 5.60 Å². The number of Topliss-reactive ketones (excluding diaryl/α,β-unsaturated/α-hetero) is 1. The molecular weight excluding hydrogens is 256 g/mol. The van der Waals surface area contributed by atoms with Crippen molar-refractivity contribution in [3.63, 3.8) is 0 Å². The molecule has 1 fully saturated rings. The summed E-state index contributed by atoms with van der Waals surface area (Å²) in [6, 6.07) is 5.46. The van der Waals surface area contributed by atoms with Crippen molar-refractivity contribution in [2.45, 2.75) is 32.3 Å². The molecule has 1 saturated heterocycles. The van der Waals surface area contributed by atoms with E-state index in [2.05, 4.69) is 0 Å². The van der Waals surface area contributed by atoms with Gasteiger partial charge in [-0.25, -0.2) is 0 Å². The number of hydrogen-bond acceptors (Lipinski definition) is 4. The smallest absolute Gasteiger partial charge is 0.170 e. The summed E-state index contributed by atoms with van der Waals surface area (Å²) >= 11 is 0. The minimum Gasteiger partial charge on any atom is -0.493 e. The summed E-state index contributed by atoms with van der Waals surface area (Å²) in [6.45, 7) is 6.10. The van der Waals surface area contributed by atoms with Gasteiger partial charge in [-0.15, -0.1) is 0 Å². The zero-order valence-corrected chi connectivity index (χ0v) is 12.0. The summed E-state index contributed by atoms with van der Waals surface area (Å²) < 4.78 is 17.0. The van der Waals surface area contributed by atoms with Gasteiger partial charge in [-0.1, -0.05) is 0 Å². The third-order valence-corrected chi connectivity index (χ3v) is 3.74. The third-order valence-electron chi connectivity index (χ3n) is 3.74. The van der Waals surface area contributed by atoms with E-state index >= 15 is 0 Å². The van der Waals surface area contributed by atoms with Gasteiger partial charge in [-0.2, -0.15) is 0 Å². The van der Waals surface area contributed by atoms with E-state index in [1.807, 2.05) is 26.0 Å². The Kier molecular flexibility index (Phi) is 3.42. The second-order valence-corrected chi connectivity index (χ2v) is 6.16. The van der Waals surface area contributed by atoms with Gasteiger partial charge >= 0.3 is 0 Å². The van der Waals surface area contributed by atoms with Crippen LogP contribution in [-0.4, -0.2) is 31.2 Å². The number of rotatable bonds is 3. The fourth-order valence-electron chi connectivity index (χ4n) is 2.65. The molecule has 0 aromatic heterocycles. The maximum absolute atomic E-state index is 12.0. The highest BCUT2D eigenvalue weighted by Crippen LogP contribution is 2.35. The molecule has 1 aromatic carbocycles. The van der Waals surface area contributed by atoms with Crippen LogP contribution in [0.25, 0.3) is 0 Å². The van der Waals surface area contributed by atoms with Crippen LogP contribution in [-0.2, 0) is 4.74 Å². The largest absolute Gasteiger partial charge is 0.493 e. The molecule has 0 N–H and O–H groups in total. The Labute approximate surface area is 119 Å². The van der Waals surface area contributed by atoms with Crippen molar-refractivity contribution in [3.8, 4) is 11.5 Å². The quantitative estimate of drug-likeness (QED) is 0.851. The lowest BCUT2D eigenvalue weighted by Gasteiger charge is -2.31. The topological polar surface area (TPSA) is 44.8 Å². The second kappa shape index (κ2) is 5.09.